The molecule has 1 aromatic rings. The SMILES string of the molecule is CCCCNC(=O)c1ccc(C(C)C)cc1. The van der Waals surface area contributed by atoms with Gasteiger partial charge in [-0.3, -0.25) is 4.79 Å². The van der Waals surface area contributed by atoms with Crippen LogP contribution in [0.15, 0.2) is 24.3 Å². The van der Waals surface area contributed by atoms with Gasteiger partial charge in [-0.25, -0.2) is 0 Å². The van der Waals surface area contributed by atoms with Crippen LogP contribution >= 0.6 is 0 Å². The third kappa shape index (κ3) is 3.69. The Hall–Kier alpha value is -1.31. The van der Waals surface area contributed by atoms with Gasteiger partial charge in [0.1, 0.15) is 0 Å². The van der Waals surface area contributed by atoms with Gasteiger partial charge >= 0.3 is 0 Å². The van der Waals surface area contributed by atoms with Crippen LogP contribution in [-0.2, 0) is 0 Å². The van der Waals surface area contributed by atoms with Crippen LogP contribution in [0.1, 0.15) is 55.5 Å². The fraction of sp³-hybridized carbons (Fsp3) is 0.500. The van der Waals surface area contributed by atoms with Gasteiger partial charge in [-0.05, 0) is 30.0 Å². The molecule has 0 bridgehead atoms. The van der Waals surface area contributed by atoms with Gasteiger partial charge in [0, 0.05) is 12.1 Å². The van der Waals surface area contributed by atoms with Gasteiger partial charge in [0.15, 0.2) is 0 Å². The van der Waals surface area contributed by atoms with Crippen LogP contribution < -0.4 is 5.32 Å². The van der Waals surface area contributed by atoms with Crippen LogP contribution in [0, 0.1) is 0 Å². The molecule has 1 aromatic carbocycles. The number of amides is 1. The van der Waals surface area contributed by atoms with Crippen LogP contribution in [-0.4, -0.2) is 12.5 Å². The standard InChI is InChI=1S/C14H21NO/c1-4-5-10-15-14(16)13-8-6-12(7-9-13)11(2)3/h6-9,11H,4-5,10H2,1-3H3,(H,15,16). The molecule has 0 radical (unpaired) electrons. The number of unbranched alkanes of at least 4 members (excludes halogenated alkanes) is 1. The molecule has 0 unspecified atom stereocenters. The minimum atomic E-state index is 0.0313. The predicted molar refractivity (Wildman–Crippen MR) is 67.8 cm³/mol. The molecule has 1 rings (SSSR count). The summed E-state index contributed by atoms with van der Waals surface area (Å²) < 4.78 is 0. The summed E-state index contributed by atoms with van der Waals surface area (Å²) in [6, 6.07) is 7.85. The Balaban J connectivity index is 2.56. The largest absolute Gasteiger partial charge is 0.352 e. The van der Waals surface area contributed by atoms with E-state index in [-0.39, 0.29) is 5.91 Å². The van der Waals surface area contributed by atoms with Crippen molar-refractivity contribution in [3.8, 4) is 0 Å². The molecule has 0 heterocycles. The first kappa shape index (κ1) is 12.8. The Morgan fingerprint density at radius 1 is 1.25 bits per heavy atom. The molecule has 1 N–H and O–H groups in total. The van der Waals surface area contributed by atoms with E-state index >= 15 is 0 Å². The maximum absolute atomic E-state index is 11.7. The van der Waals surface area contributed by atoms with E-state index in [0.717, 1.165) is 24.9 Å². The summed E-state index contributed by atoms with van der Waals surface area (Å²) >= 11 is 0. The Kier molecular flexibility index (Phi) is 5.03. The number of rotatable bonds is 5. The van der Waals surface area contributed by atoms with Crippen LogP contribution in [0.2, 0.25) is 0 Å². The van der Waals surface area contributed by atoms with E-state index in [9.17, 15) is 4.79 Å². The van der Waals surface area contributed by atoms with Crippen molar-refractivity contribution in [2.75, 3.05) is 6.54 Å². The highest BCUT2D eigenvalue weighted by atomic mass is 16.1. The van der Waals surface area contributed by atoms with Gasteiger partial charge in [0.05, 0.1) is 0 Å². The molecule has 0 aliphatic rings. The molecule has 0 aliphatic heterocycles. The summed E-state index contributed by atoms with van der Waals surface area (Å²) in [4.78, 5) is 11.7. The van der Waals surface area contributed by atoms with E-state index in [1.807, 2.05) is 24.3 Å². The van der Waals surface area contributed by atoms with Gasteiger partial charge in [-0.2, -0.15) is 0 Å². The molecule has 0 spiro atoms. The van der Waals surface area contributed by atoms with Crippen LogP contribution in [0.4, 0.5) is 0 Å². The Morgan fingerprint density at radius 3 is 2.38 bits per heavy atom. The van der Waals surface area contributed by atoms with Crippen LogP contribution in [0.3, 0.4) is 0 Å². The van der Waals surface area contributed by atoms with Gasteiger partial charge < -0.3 is 5.32 Å². The van der Waals surface area contributed by atoms with Crippen molar-refractivity contribution >= 4 is 5.91 Å². The molecule has 0 aliphatic carbocycles. The van der Waals surface area contributed by atoms with Crippen LogP contribution in [0.25, 0.3) is 0 Å². The topological polar surface area (TPSA) is 29.1 Å². The van der Waals surface area contributed by atoms with Crippen molar-refractivity contribution in [2.24, 2.45) is 0 Å². The van der Waals surface area contributed by atoms with Gasteiger partial charge in [-0.15, -0.1) is 0 Å². The number of hydrogen-bond donors (Lipinski definition) is 1. The average molecular weight is 219 g/mol. The monoisotopic (exact) mass is 219 g/mol. The zero-order chi connectivity index (χ0) is 12.0. The van der Waals surface area contributed by atoms with Crippen molar-refractivity contribution in [1.29, 1.82) is 0 Å². The van der Waals surface area contributed by atoms with E-state index in [1.165, 1.54) is 5.56 Å². The summed E-state index contributed by atoms with van der Waals surface area (Å²) in [7, 11) is 0. The van der Waals surface area contributed by atoms with Crippen molar-refractivity contribution in [3.05, 3.63) is 35.4 Å². The highest BCUT2D eigenvalue weighted by molar-refractivity contribution is 5.94. The lowest BCUT2D eigenvalue weighted by molar-refractivity contribution is 0.0953. The van der Waals surface area contributed by atoms with E-state index in [1.54, 1.807) is 0 Å². The maximum atomic E-state index is 11.7. The van der Waals surface area contributed by atoms with Gasteiger partial charge in [0.2, 0.25) is 0 Å². The number of carbonyl (C=O) groups is 1. The first-order chi connectivity index (χ1) is 7.65. The summed E-state index contributed by atoms with van der Waals surface area (Å²) in [5, 5.41) is 2.91. The molecular formula is C14H21NO. The predicted octanol–water partition coefficient (Wildman–Crippen LogP) is 3.34. The average Bonchev–Trinajstić information content (AvgIpc) is 2.29. The Morgan fingerprint density at radius 2 is 1.88 bits per heavy atom. The van der Waals surface area contributed by atoms with E-state index in [0.29, 0.717) is 5.92 Å². The molecule has 0 atom stereocenters. The molecule has 0 saturated carbocycles. The van der Waals surface area contributed by atoms with E-state index in [4.69, 9.17) is 0 Å². The van der Waals surface area contributed by atoms with E-state index < -0.39 is 0 Å². The minimum Gasteiger partial charge on any atom is -0.352 e. The first-order valence-corrected chi connectivity index (χ1v) is 6.03. The Labute approximate surface area is 98.1 Å². The minimum absolute atomic E-state index is 0.0313. The smallest absolute Gasteiger partial charge is 0.251 e. The summed E-state index contributed by atoms with van der Waals surface area (Å²) in [6.45, 7) is 7.18. The lowest BCUT2D eigenvalue weighted by atomic mass is 10.0. The van der Waals surface area contributed by atoms with Crippen molar-refractivity contribution in [2.45, 2.75) is 39.5 Å². The zero-order valence-electron chi connectivity index (χ0n) is 10.4. The summed E-state index contributed by atoms with van der Waals surface area (Å²) in [5.41, 5.74) is 2.02. The molecular weight excluding hydrogens is 198 g/mol. The van der Waals surface area contributed by atoms with Crippen molar-refractivity contribution < 1.29 is 4.79 Å². The summed E-state index contributed by atoms with van der Waals surface area (Å²) in [5.74, 6) is 0.543. The van der Waals surface area contributed by atoms with Gasteiger partial charge in [-0.1, -0.05) is 39.3 Å². The molecule has 16 heavy (non-hydrogen) atoms. The fourth-order valence-corrected chi connectivity index (χ4v) is 1.50. The number of nitrogens with one attached hydrogen (secondary N) is 1. The molecule has 0 saturated heterocycles. The summed E-state index contributed by atoms with van der Waals surface area (Å²) in [6.07, 6.45) is 2.14. The maximum Gasteiger partial charge on any atom is 0.251 e. The van der Waals surface area contributed by atoms with Crippen molar-refractivity contribution in [1.82, 2.24) is 5.32 Å². The molecule has 2 nitrogen and oxygen atoms in total. The normalized spacial score (nSPS) is 10.5. The molecule has 2 heteroatoms. The van der Waals surface area contributed by atoms with Crippen molar-refractivity contribution in [3.63, 3.8) is 0 Å². The van der Waals surface area contributed by atoms with E-state index in [2.05, 4.69) is 26.1 Å². The third-order valence-electron chi connectivity index (χ3n) is 2.66. The third-order valence-corrected chi connectivity index (χ3v) is 2.66. The van der Waals surface area contributed by atoms with Gasteiger partial charge in [0.25, 0.3) is 5.91 Å². The zero-order valence-corrected chi connectivity index (χ0v) is 10.4. The first-order valence-electron chi connectivity index (χ1n) is 6.03. The second kappa shape index (κ2) is 6.31. The quantitative estimate of drug-likeness (QED) is 0.756. The lowest BCUT2D eigenvalue weighted by Crippen LogP contribution is -2.24. The molecule has 88 valence electrons. The fourth-order valence-electron chi connectivity index (χ4n) is 1.50. The number of carbonyl (C=O) groups excluding carboxylic acids is 1. The molecule has 1 amide bonds. The highest BCUT2D eigenvalue weighted by Crippen LogP contribution is 2.14. The molecule has 0 fully saturated rings. The second-order valence-corrected chi connectivity index (χ2v) is 4.39. The molecule has 0 aromatic heterocycles. The number of benzene rings is 1. The number of hydrogen-bond acceptors (Lipinski definition) is 1. The second-order valence-electron chi connectivity index (χ2n) is 4.39. The van der Waals surface area contributed by atoms with Crippen LogP contribution in [0.5, 0.6) is 0 Å². The highest BCUT2D eigenvalue weighted by Gasteiger charge is 2.05. The lowest BCUT2D eigenvalue weighted by Gasteiger charge is -2.07. The Bertz CT molecular complexity index is 327.